The van der Waals surface area contributed by atoms with Gasteiger partial charge in [0.25, 0.3) is 0 Å². The van der Waals surface area contributed by atoms with Crippen molar-refractivity contribution in [1.82, 2.24) is 9.88 Å². The molecule has 0 bridgehead atoms. The van der Waals surface area contributed by atoms with Gasteiger partial charge in [-0.25, -0.2) is 4.98 Å². The van der Waals surface area contributed by atoms with Gasteiger partial charge in [0, 0.05) is 11.9 Å². The number of carbonyl (C=O) groups excluding carboxylic acids is 1. The fraction of sp³-hybridized carbons (Fsp3) is 0.444. The molecule has 2 N–H and O–H groups in total. The number of thiazole rings is 1. The molecule has 0 saturated heterocycles. The minimum Gasteiger partial charge on any atom is -0.337 e. The van der Waals surface area contributed by atoms with E-state index in [1.807, 2.05) is 31.2 Å². The highest BCUT2D eigenvalue weighted by Crippen LogP contribution is 2.27. The highest BCUT2D eigenvalue weighted by Gasteiger charge is 2.22. The summed E-state index contributed by atoms with van der Waals surface area (Å²) >= 11 is 1.74. The normalized spacial score (nSPS) is 13.9. The van der Waals surface area contributed by atoms with Crippen LogP contribution < -0.4 is 5.73 Å². The number of hydrogen-bond donors (Lipinski definition) is 1. The number of aryl methyl sites for hydroxylation is 3. The summed E-state index contributed by atoms with van der Waals surface area (Å²) in [6.45, 7) is 2.56. The fourth-order valence-electron chi connectivity index (χ4n) is 2.91. The van der Waals surface area contributed by atoms with Gasteiger partial charge >= 0.3 is 0 Å². The molecule has 0 saturated carbocycles. The Morgan fingerprint density at radius 3 is 2.52 bits per heavy atom. The third-order valence-corrected chi connectivity index (χ3v) is 5.48. The Hall–Kier alpha value is -1.14. The second kappa shape index (κ2) is 9.53. The van der Waals surface area contributed by atoms with Gasteiger partial charge in [0.1, 0.15) is 11.0 Å². The quantitative estimate of drug-likeness (QED) is 0.846. The molecule has 1 aromatic heterocycles. The SMILES string of the molecule is Cc1ccc(C(N)C(=O)N(C)Cc2nc3c(s2)CCCC3)cc1.Cl.Cl. The van der Waals surface area contributed by atoms with E-state index < -0.39 is 6.04 Å². The summed E-state index contributed by atoms with van der Waals surface area (Å²) in [5.41, 5.74) is 9.38. The van der Waals surface area contributed by atoms with E-state index in [2.05, 4.69) is 0 Å². The summed E-state index contributed by atoms with van der Waals surface area (Å²) in [6, 6.07) is 7.20. The van der Waals surface area contributed by atoms with Crippen LogP contribution in [0.1, 0.15) is 45.6 Å². The molecular weight excluding hydrogens is 377 g/mol. The van der Waals surface area contributed by atoms with Gasteiger partial charge in [0.05, 0.1) is 12.2 Å². The predicted octanol–water partition coefficient (Wildman–Crippen LogP) is 3.83. The summed E-state index contributed by atoms with van der Waals surface area (Å²) in [6.07, 6.45) is 4.69. The van der Waals surface area contributed by atoms with E-state index in [-0.39, 0.29) is 30.7 Å². The molecule has 1 unspecified atom stereocenters. The van der Waals surface area contributed by atoms with Crippen LogP contribution in [0.15, 0.2) is 24.3 Å². The van der Waals surface area contributed by atoms with E-state index in [1.54, 1.807) is 23.3 Å². The molecule has 1 amide bonds. The molecule has 0 spiro atoms. The van der Waals surface area contributed by atoms with Crippen LogP contribution in [0.2, 0.25) is 0 Å². The van der Waals surface area contributed by atoms with Gasteiger partial charge in [0.2, 0.25) is 5.91 Å². The van der Waals surface area contributed by atoms with E-state index in [4.69, 9.17) is 10.7 Å². The van der Waals surface area contributed by atoms with Crippen molar-refractivity contribution >= 4 is 42.1 Å². The van der Waals surface area contributed by atoms with Crippen LogP contribution in [0.3, 0.4) is 0 Å². The zero-order valence-corrected chi connectivity index (χ0v) is 17.0. The van der Waals surface area contributed by atoms with Crippen molar-refractivity contribution in [2.24, 2.45) is 5.73 Å². The van der Waals surface area contributed by atoms with Crippen molar-refractivity contribution in [3.8, 4) is 0 Å². The van der Waals surface area contributed by atoms with Crippen LogP contribution in [0, 0.1) is 6.92 Å². The number of fused-ring (bicyclic) bond motifs is 1. The van der Waals surface area contributed by atoms with Crippen molar-refractivity contribution in [3.05, 3.63) is 51.0 Å². The predicted molar refractivity (Wildman–Crippen MR) is 108 cm³/mol. The molecule has 4 nitrogen and oxygen atoms in total. The maximum atomic E-state index is 12.6. The molecule has 1 aromatic carbocycles. The third kappa shape index (κ3) is 5.17. The van der Waals surface area contributed by atoms with Gasteiger partial charge < -0.3 is 10.6 Å². The molecule has 0 fully saturated rings. The summed E-state index contributed by atoms with van der Waals surface area (Å²) in [5, 5.41) is 1.02. The Morgan fingerprint density at radius 1 is 1.24 bits per heavy atom. The zero-order valence-electron chi connectivity index (χ0n) is 14.5. The molecule has 138 valence electrons. The monoisotopic (exact) mass is 401 g/mol. The first-order chi connectivity index (χ1) is 11.0. The lowest BCUT2D eigenvalue weighted by Crippen LogP contribution is -2.35. The summed E-state index contributed by atoms with van der Waals surface area (Å²) < 4.78 is 0. The topological polar surface area (TPSA) is 59.2 Å². The number of halogens is 2. The van der Waals surface area contributed by atoms with Gasteiger partial charge in [-0.15, -0.1) is 36.2 Å². The minimum absolute atomic E-state index is 0. The van der Waals surface area contributed by atoms with Crippen LogP contribution in [0.4, 0.5) is 0 Å². The van der Waals surface area contributed by atoms with Crippen molar-refractivity contribution in [2.75, 3.05) is 7.05 Å². The average Bonchev–Trinajstić information content (AvgIpc) is 2.96. The van der Waals surface area contributed by atoms with Gasteiger partial charge in [-0.1, -0.05) is 29.8 Å². The van der Waals surface area contributed by atoms with Crippen LogP contribution in [0.5, 0.6) is 0 Å². The third-order valence-electron chi connectivity index (χ3n) is 4.34. The number of nitrogens with zero attached hydrogens (tertiary/aromatic N) is 2. The summed E-state index contributed by atoms with van der Waals surface area (Å²) in [5.74, 6) is -0.0676. The molecule has 7 heteroatoms. The number of likely N-dealkylation sites (N-methyl/N-ethyl adjacent to an activating group) is 1. The highest BCUT2D eigenvalue weighted by molar-refractivity contribution is 7.11. The standard InChI is InChI=1S/C18H23N3OS.2ClH/c1-12-7-9-13(10-8-12)17(19)18(22)21(2)11-16-20-14-5-3-4-6-15(14)23-16;;/h7-10,17H,3-6,11,19H2,1-2H3;2*1H. The molecule has 2 aromatic rings. The number of aromatic nitrogens is 1. The van der Waals surface area contributed by atoms with Crippen molar-refractivity contribution < 1.29 is 4.79 Å². The minimum atomic E-state index is -0.616. The molecule has 3 rings (SSSR count). The van der Waals surface area contributed by atoms with Gasteiger partial charge in [0.15, 0.2) is 0 Å². The van der Waals surface area contributed by atoms with E-state index in [9.17, 15) is 4.79 Å². The number of carbonyl (C=O) groups is 1. The number of nitrogens with two attached hydrogens (primary N) is 1. The largest absolute Gasteiger partial charge is 0.337 e. The Labute approximate surface area is 165 Å². The van der Waals surface area contributed by atoms with Crippen LogP contribution in [-0.2, 0) is 24.2 Å². The zero-order chi connectivity index (χ0) is 16.4. The molecule has 1 aliphatic rings. The molecule has 1 heterocycles. The number of hydrogen-bond acceptors (Lipinski definition) is 4. The van der Waals surface area contributed by atoms with Crippen LogP contribution in [-0.4, -0.2) is 22.8 Å². The lowest BCUT2D eigenvalue weighted by atomic mass is 10.0. The summed E-state index contributed by atoms with van der Waals surface area (Å²) in [7, 11) is 1.80. The second-order valence-corrected chi connectivity index (χ2v) is 7.44. The first kappa shape index (κ1) is 21.9. The Morgan fingerprint density at radius 2 is 1.88 bits per heavy atom. The first-order valence-corrected chi connectivity index (χ1v) is 8.91. The van der Waals surface area contributed by atoms with Gasteiger partial charge in [-0.05, 0) is 38.2 Å². The van der Waals surface area contributed by atoms with Crippen molar-refractivity contribution in [2.45, 2.75) is 45.2 Å². The first-order valence-electron chi connectivity index (χ1n) is 8.09. The summed E-state index contributed by atoms with van der Waals surface area (Å²) in [4.78, 5) is 20.3. The Bertz CT molecular complexity index is 679. The van der Waals surface area contributed by atoms with Crippen molar-refractivity contribution in [3.63, 3.8) is 0 Å². The number of amides is 1. The molecule has 0 radical (unpaired) electrons. The maximum absolute atomic E-state index is 12.6. The highest BCUT2D eigenvalue weighted by atomic mass is 35.5. The Kier molecular flexibility index (Phi) is 8.35. The van der Waals surface area contributed by atoms with E-state index >= 15 is 0 Å². The van der Waals surface area contributed by atoms with E-state index in [0.29, 0.717) is 6.54 Å². The Balaban J connectivity index is 0.00000156. The molecule has 0 aliphatic heterocycles. The van der Waals surface area contributed by atoms with Crippen LogP contribution >= 0.6 is 36.2 Å². The molecule has 25 heavy (non-hydrogen) atoms. The van der Waals surface area contributed by atoms with Gasteiger partial charge in [-0.3, -0.25) is 4.79 Å². The van der Waals surface area contributed by atoms with E-state index in [0.717, 1.165) is 29.0 Å². The fourth-order valence-corrected chi connectivity index (χ4v) is 4.12. The van der Waals surface area contributed by atoms with Crippen molar-refractivity contribution in [1.29, 1.82) is 0 Å². The van der Waals surface area contributed by atoms with Gasteiger partial charge in [-0.2, -0.15) is 0 Å². The van der Waals surface area contributed by atoms with E-state index in [1.165, 1.54) is 23.4 Å². The lowest BCUT2D eigenvalue weighted by molar-refractivity contribution is -0.131. The smallest absolute Gasteiger partial charge is 0.244 e. The molecular formula is C18H25Cl2N3OS. The van der Waals surface area contributed by atoms with Crippen LogP contribution in [0.25, 0.3) is 0 Å². The number of benzene rings is 1. The maximum Gasteiger partial charge on any atom is 0.244 e. The molecule has 1 aliphatic carbocycles. The lowest BCUT2D eigenvalue weighted by Gasteiger charge is -2.20. The average molecular weight is 402 g/mol. The number of rotatable bonds is 4. The molecule has 1 atom stereocenters. The second-order valence-electron chi connectivity index (χ2n) is 6.27.